The smallest absolute Gasteiger partial charge is 0.359 e. The van der Waals surface area contributed by atoms with Gasteiger partial charge in [0.15, 0.2) is 10.8 Å². The third kappa shape index (κ3) is 7.09. The van der Waals surface area contributed by atoms with Gasteiger partial charge in [0.2, 0.25) is 12.9 Å². The number of esters is 2. The summed E-state index contributed by atoms with van der Waals surface area (Å²) in [6.07, 6.45) is 0.684. The number of anilines is 1. The van der Waals surface area contributed by atoms with Gasteiger partial charge in [-0.15, -0.1) is 47.3 Å². The zero-order valence-corrected chi connectivity index (χ0v) is 23.5. The monoisotopic (exact) mass is 609 g/mol. The number of oxime groups is 1. The molecule has 1 saturated heterocycles. The second-order valence-electron chi connectivity index (χ2n) is 7.33. The molecule has 3 rings (SSSR count). The highest BCUT2D eigenvalue weighted by atomic mass is 35.5. The molecule has 208 valence electrons. The number of ether oxygens (including phenoxy) is 2. The van der Waals surface area contributed by atoms with E-state index in [4.69, 9.17) is 25.2 Å². The fraction of sp³-hybridized carbons (Fsp3) is 0.450. The number of carbonyl (C=O) groups excluding carboxylic acids is 4. The molecule has 18 heteroatoms. The number of amides is 2. The SMILES string of the molecule is CCC(=O)OC(C)OC(=O)C1=C(SC)CS[C@@H]2C(NC(=O)/C(=N/OCC(=O)O)c3csc(N)n3)C(=O)N12.Cl. The van der Waals surface area contributed by atoms with Crippen LogP contribution in [0.3, 0.4) is 0 Å². The van der Waals surface area contributed by atoms with E-state index >= 15 is 0 Å². The number of β-lactam (4-membered cyclic amide) rings is 1. The maximum atomic E-state index is 13.1. The maximum Gasteiger partial charge on any atom is 0.359 e. The van der Waals surface area contributed by atoms with Crippen molar-refractivity contribution in [2.45, 2.75) is 38.0 Å². The van der Waals surface area contributed by atoms with Crippen molar-refractivity contribution in [3.63, 3.8) is 0 Å². The minimum Gasteiger partial charge on any atom is -0.479 e. The molecule has 14 nitrogen and oxygen atoms in total. The van der Waals surface area contributed by atoms with Crippen LogP contribution in [0.5, 0.6) is 0 Å². The second-order valence-corrected chi connectivity index (χ2v) is 10.2. The van der Waals surface area contributed by atoms with Crippen molar-refractivity contribution in [2.75, 3.05) is 24.3 Å². The first-order valence-electron chi connectivity index (χ1n) is 10.6. The lowest BCUT2D eigenvalue weighted by molar-refractivity contribution is -0.184. The Morgan fingerprint density at radius 2 is 2.08 bits per heavy atom. The molecule has 38 heavy (non-hydrogen) atoms. The maximum absolute atomic E-state index is 13.1. The predicted molar refractivity (Wildman–Crippen MR) is 141 cm³/mol. The number of carboxylic acid groups (broad SMARTS) is 1. The lowest BCUT2D eigenvalue weighted by Crippen LogP contribution is -2.71. The molecule has 1 fully saturated rings. The Morgan fingerprint density at radius 3 is 2.66 bits per heavy atom. The number of halogens is 1. The van der Waals surface area contributed by atoms with Crippen molar-refractivity contribution in [1.82, 2.24) is 15.2 Å². The van der Waals surface area contributed by atoms with Gasteiger partial charge < -0.3 is 30.5 Å². The third-order valence-corrected chi connectivity index (χ3v) is 7.81. The summed E-state index contributed by atoms with van der Waals surface area (Å²) in [5, 5.41) is 15.8. The molecule has 0 spiro atoms. The molecule has 0 aromatic carbocycles. The number of rotatable bonds is 11. The minimum atomic E-state index is -1.31. The first kappa shape index (κ1) is 31.2. The van der Waals surface area contributed by atoms with Crippen molar-refractivity contribution in [3.05, 3.63) is 21.7 Å². The standard InChI is InChI=1S/C20H23N5O9S3.ClH/c1-4-12(28)33-8(2)34-19(31)15-10(35-3)7-36-18-14(17(30)25(15)18)23-16(29)13(24-32-5-11(26)27)9-6-37-20(21)22-9;/h6,8,14,18H,4-5,7H2,1-3H3,(H2,21,22)(H,23,29)(H,26,27);1H/b24-13+;/t8?,14?,18-;/m1./s1. The number of fused-ring (bicyclic) bond motifs is 1. The molecular formula is C20H24ClN5O9S3. The van der Waals surface area contributed by atoms with Crippen LogP contribution in [0.15, 0.2) is 21.1 Å². The van der Waals surface area contributed by atoms with Gasteiger partial charge in [-0.1, -0.05) is 12.1 Å². The molecular weight excluding hydrogens is 586 g/mol. The Balaban J connectivity index is 0.00000507. The van der Waals surface area contributed by atoms with Crippen molar-refractivity contribution in [2.24, 2.45) is 5.16 Å². The van der Waals surface area contributed by atoms with Crippen molar-refractivity contribution in [1.29, 1.82) is 0 Å². The fourth-order valence-electron chi connectivity index (χ4n) is 3.20. The summed E-state index contributed by atoms with van der Waals surface area (Å²) in [5.74, 6) is -3.76. The van der Waals surface area contributed by atoms with E-state index in [1.54, 1.807) is 13.2 Å². The number of thiazole rings is 1. The number of nitrogens with two attached hydrogens (primary N) is 1. The highest BCUT2D eigenvalue weighted by Gasteiger charge is 2.55. The van der Waals surface area contributed by atoms with E-state index in [1.165, 1.54) is 40.7 Å². The lowest BCUT2D eigenvalue weighted by Gasteiger charge is -2.49. The molecule has 0 saturated carbocycles. The van der Waals surface area contributed by atoms with Crippen molar-refractivity contribution in [3.8, 4) is 0 Å². The number of aliphatic carboxylic acids is 1. The van der Waals surface area contributed by atoms with Crippen LogP contribution in [0.2, 0.25) is 0 Å². The molecule has 0 aliphatic carbocycles. The van der Waals surface area contributed by atoms with Crippen LogP contribution in [0.25, 0.3) is 0 Å². The third-order valence-electron chi connectivity index (χ3n) is 4.84. The number of carbonyl (C=O) groups is 5. The predicted octanol–water partition coefficient (Wildman–Crippen LogP) is 0.769. The van der Waals surface area contributed by atoms with Crippen molar-refractivity contribution >= 4 is 87.8 Å². The van der Waals surface area contributed by atoms with E-state index < -0.39 is 54.0 Å². The summed E-state index contributed by atoms with van der Waals surface area (Å²) in [5.41, 5.74) is 5.30. The van der Waals surface area contributed by atoms with Crippen molar-refractivity contribution < 1.29 is 43.4 Å². The molecule has 3 atom stereocenters. The highest BCUT2D eigenvalue weighted by Crippen LogP contribution is 2.43. The van der Waals surface area contributed by atoms with E-state index in [-0.39, 0.29) is 41.1 Å². The van der Waals surface area contributed by atoms with E-state index in [2.05, 4.69) is 15.5 Å². The van der Waals surface area contributed by atoms with Crippen LogP contribution < -0.4 is 11.1 Å². The number of hydrogen-bond donors (Lipinski definition) is 3. The van der Waals surface area contributed by atoms with Gasteiger partial charge in [0.25, 0.3) is 11.8 Å². The highest BCUT2D eigenvalue weighted by molar-refractivity contribution is 8.05. The quantitative estimate of drug-likeness (QED) is 0.104. The Bertz CT molecular complexity index is 1170. The molecule has 1 aromatic rings. The topological polar surface area (TPSA) is 200 Å². The van der Waals surface area contributed by atoms with E-state index in [1.807, 2.05) is 0 Å². The van der Waals surface area contributed by atoms with Gasteiger partial charge in [-0.05, 0) is 6.26 Å². The fourth-order valence-corrected chi connectivity index (χ4v) is 5.99. The Kier molecular flexibility index (Phi) is 11.2. The normalized spacial score (nSPS) is 19.4. The molecule has 2 aliphatic heterocycles. The largest absolute Gasteiger partial charge is 0.479 e. The van der Waals surface area contributed by atoms with Crippen LogP contribution >= 0.6 is 47.3 Å². The number of aromatic nitrogens is 1. The summed E-state index contributed by atoms with van der Waals surface area (Å²) >= 11 is 3.62. The Labute approximate surface area is 235 Å². The number of hydrogen-bond acceptors (Lipinski definition) is 14. The van der Waals surface area contributed by atoms with Gasteiger partial charge >= 0.3 is 17.9 Å². The average molecular weight is 610 g/mol. The molecule has 1 aromatic heterocycles. The molecule has 0 radical (unpaired) electrons. The summed E-state index contributed by atoms with van der Waals surface area (Å²) in [6, 6.07) is -1.03. The van der Waals surface area contributed by atoms with Gasteiger partial charge in [-0.25, -0.2) is 14.6 Å². The lowest BCUT2D eigenvalue weighted by atomic mass is 10.0. The zero-order chi connectivity index (χ0) is 27.3. The van der Waals surface area contributed by atoms with Gasteiger partial charge in [0, 0.05) is 29.4 Å². The number of nitrogen functional groups attached to an aromatic ring is 1. The Hall–Kier alpha value is -3.02. The van der Waals surface area contributed by atoms with Crippen LogP contribution in [0.4, 0.5) is 5.13 Å². The molecule has 2 unspecified atom stereocenters. The Morgan fingerprint density at radius 1 is 1.37 bits per heavy atom. The molecule has 3 heterocycles. The first-order chi connectivity index (χ1) is 17.6. The van der Waals surface area contributed by atoms with Gasteiger partial charge in [-0.3, -0.25) is 19.3 Å². The summed E-state index contributed by atoms with van der Waals surface area (Å²) in [4.78, 5) is 71.7. The average Bonchev–Trinajstić information content (AvgIpc) is 3.28. The minimum absolute atomic E-state index is 0. The van der Waals surface area contributed by atoms with Crippen LogP contribution in [0.1, 0.15) is 26.0 Å². The van der Waals surface area contributed by atoms with Gasteiger partial charge in [0.05, 0.1) is 0 Å². The molecule has 2 aliphatic rings. The van der Waals surface area contributed by atoms with Crippen LogP contribution in [-0.2, 0) is 38.3 Å². The zero-order valence-electron chi connectivity index (χ0n) is 20.2. The summed E-state index contributed by atoms with van der Waals surface area (Å²) < 4.78 is 10.2. The summed E-state index contributed by atoms with van der Waals surface area (Å²) in [6.45, 7) is 2.18. The summed E-state index contributed by atoms with van der Waals surface area (Å²) in [7, 11) is 0. The molecule has 4 N–H and O–H groups in total. The number of nitrogens with one attached hydrogen (secondary N) is 1. The van der Waals surface area contributed by atoms with Crippen LogP contribution in [-0.4, -0.2) is 86.7 Å². The molecule has 2 amide bonds. The van der Waals surface area contributed by atoms with Crippen LogP contribution in [0, 0.1) is 0 Å². The number of carboxylic acids is 1. The first-order valence-corrected chi connectivity index (χ1v) is 13.8. The molecule has 0 bridgehead atoms. The van der Waals surface area contributed by atoms with Gasteiger partial charge in [0.1, 0.15) is 22.8 Å². The number of thioether (sulfide) groups is 2. The van der Waals surface area contributed by atoms with E-state index in [0.717, 1.165) is 11.3 Å². The second kappa shape index (κ2) is 13.7. The van der Waals surface area contributed by atoms with Gasteiger partial charge in [-0.2, -0.15) is 0 Å². The van der Waals surface area contributed by atoms with E-state index in [0.29, 0.717) is 10.7 Å². The van der Waals surface area contributed by atoms with E-state index in [9.17, 15) is 24.0 Å². The number of nitrogens with zero attached hydrogens (tertiary/aromatic N) is 3.